The van der Waals surface area contributed by atoms with Crippen molar-refractivity contribution in [3.05, 3.63) is 28.0 Å². The summed E-state index contributed by atoms with van der Waals surface area (Å²) in [5, 5.41) is 5.94. The molecule has 1 heterocycles. The van der Waals surface area contributed by atoms with Crippen LogP contribution in [0.5, 0.6) is 0 Å². The third-order valence-corrected chi connectivity index (χ3v) is 3.67. The second-order valence-corrected chi connectivity index (χ2v) is 5.25. The summed E-state index contributed by atoms with van der Waals surface area (Å²) in [5.41, 5.74) is 0.255. The molecule has 1 aromatic carbocycles. The van der Waals surface area contributed by atoms with Crippen LogP contribution in [0, 0.1) is 11.7 Å². The highest BCUT2D eigenvalue weighted by atomic mass is 35.5. The Kier molecular flexibility index (Phi) is 4.10. The highest BCUT2D eigenvalue weighted by molar-refractivity contribution is 6.39. The topological polar surface area (TPSA) is 41.1 Å². The third kappa shape index (κ3) is 2.76. The summed E-state index contributed by atoms with van der Waals surface area (Å²) in [7, 11) is 0. The number of benzene rings is 1. The SMILES string of the molecule is CC1CCNC1C(=O)Nc1c(Cl)cc(F)cc1Cl. The normalized spacial score (nSPS) is 23.1. The molecule has 0 bridgehead atoms. The molecule has 1 aliphatic rings. The average molecular weight is 291 g/mol. The van der Waals surface area contributed by atoms with E-state index in [9.17, 15) is 9.18 Å². The van der Waals surface area contributed by atoms with Crippen molar-refractivity contribution in [1.29, 1.82) is 0 Å². The number of halogens is 3. The van der Waals surface area contributed by atoms with Crippen LogP contribution in [0.15, 0.2) is 12.1 Å². The standard InChI is InChI=1S/C12H13Cl2FN2O/c1-6-2-3-16-10(6)12(18)17-11-8(13)4-7(15)5-9(11)14/h4-6,10,16H,2-3H2,1H3,(H,17,18). The molecule has 0 saturated carbocycles. The Morgan fingerprint density at radius 1 is 1.44 bits per heavy atom. The van der Waals surface area contributed by atoms with Crippen LogP contribution in [0.3, 0.4) is 0 Å². The lowest BCUT2D eigenvalue weighted by molar-refractivity contribution is -0.118. The maximum atomic E-state index is 13.0. The van der Waals surface area contributed by atoms with Gasteiger partial charge in [0.1, 0.15) is 5.82 Å². The lowest BCUT2D eigenvalue weighted by Crippen LogP contribution is -2.39. The van der Waals surface area contributed by atoms with Crippen LogP contribution in [-0.4, -0.2) is 18.5 Å². The van der Waals surface area contributed by atoms with Gasteiger partial charge in [0, 0.05) is 0 Å². The quantitative estimate of drug-likeness (QED) is 0.879. The molecular weight excluding hydrogens is 278 g/mol. The number of anilines is 1. The fourth-order valence-electron chi connectivity index (χ4n) is 2.05. The van der Waals surface area contributed by atoms with Crippen LogP contribution in [-0.2, 0) is 4.79 Å². The van der Waals surface area contributed by atoms with Crippen molar-refractivity contribution < 1.29 is 9.18 Å². The fraction of sp³-hybridized carbons (Fsp3) is 0.417. The predicted octanol–water partition coefficient (Wildman–Crippen LogP) is 3.07. The number of amides is 1. The van der Waals surface area contributed by atoms with Gasteiger partial charge in [-0.25, -0.2) is 4.39 Å². The molecule has 0 spiro atoms. The summed E-state index contributed by atoms with van der Waals surface area (Å²) in [4.78, 5) is 12.0. The molecule has 1 aliphatic heterocycles. The van der Waals surface area contributed by atoms with Crippen LogP contribution in [0.4, 0.5) is 10.1 Å². The average Bonchev–Trinajstić information content (AvgIpc) is 2.69. The highest BCUT2D eigenvalue weighted by Gasteiger charge is 2.29. The number of rotatable bonds is 2. The maximum Gasteiger partial charge on any atom is 0.241 e. The van der Waals surface area contributed by atoms with Crippen molar-refractivity contribution in [2.45, 2.75) is 19.4 Å². The molecule has 2 N–H and O–H groups in total. The molecule has 1 aromatic rings. The minimum Gasteiger partial charge on any atom is -0.322 e. The van der Waals surface area contributed by atoms with Crippen LogP contribution >= 0.6 is 23.2 Å². The highest BCUT2D eigenvalue weighted by Crippen LogP contribution is 2.31. The van der Waals surface area contributed by atoms with E-state index in [4.69, 9.17) is 23.2 Å². The molecular formula is C12H13Cl2FN2O. The van der Waals surface area contributed by atoms with Crippen LogP contribution in [0.25, 0.3) is 0 Å². The Morgan fingerprint density at radius 2 is 2.06 bits per heavy atom. The maximum absolute atomic E-state index is 13.0. The largest absolute Gasteiger partial charge is 0.322 e. The van der Waals surface area contributed by atoms with Gasteiger partial charge < -0.3 is 10.6 Å². The zero-order chi connectivity index (χ0) is 13.3. The molecule has 98 valence electrons. The number of carbonyl (C=O) groups excluding carboxylic acids is 1. The van der Waals surface area contributed by atoms with Gasteiger partial charge in [0.2, 0.25) is 5.91 Å². The first-order valence-electron chi connectivity index (χ1n) is 5.68. The van der Waals surface area contributed by atoms with Gasteiger partial charge in [0.05, 0.1) is 21.8 Å². The number of hydrogen-bond donors (Lipinski definition) is 2. The summed E-state index contributed by atoms with van der Waals surface area (Å²) in [5.74, 6) is -0.478. The van der Waals surface area contributed by atoms with Gasteiger partial charge in [-0.3, -0.25) is 4.79 Å². The van der Waals surface area contributed by atoms with E-state index in [-0.39, 0.29) is 33.6 Å². The summed E-state index contributed by atoms with van der Waals surface area (Å²) < 4.78 is 13.0. The lowest BCUT2D eigenvalue weighted by atomic mass is 10.0. The van der Waals surface area contributed by atoms with Crippen molar-refractivity contribution in [3.8, 4) is 0 Å². The molecule has 0 aliphatic carbocycles. The Labute approximate surface area is 115 Å². The van der Waals surface area contributed by atoms with Crippen molar-refractivity contribution in [2.24, 2.45) is 5.92 Å². The lowest BCUT2D eigenvalue weighted by Gasteiger charge is -2.16. The van der Waals surface area contributed by atoms with E-state index in [1.807, 2.05) is 6.92 Å². The number of nitrogens with one attached hydrogen (secondary N) is 2. The number of carbonyl (C=O) groups is 1. The van der Waals surface area contributed by atoms with Gasteiger partial charge in [-0.15, -0.1) is 0 Å². The monoisotopic (exact) mass is 290 g/mol. The Balaban J connectivity index is 2.17. The Hall–Kier alpha value is -0.840. The molecule has 2 unspecified atom stereocenters. The molecule has 0 radical (unpaired) electrons. The van der Waals surface area contributed by atoms with Gasteiger partial charge in [0.25, 0.3) is 0 Å². The summed E-state index contributed by atoms with van der Waals surface area (Å²) in [6.45, 7) is 2.81. The molecule has 2 rings (SSSR count). The summed E-state index contributed by atoms with van der Waals surface area (Å²) in [6, 6.07) is 1.98. The summed E-state index contributed by atoms with van der Waals surface area (Å²) >= 11 is 11.7. The Morgan fingerprint density at radius 3 is 2.56 bits per heavy atom. The van der Waals surface area contributed by atoms with Gasteiger partial charge in [-0.05, 0) is 31.0 Å². The first-order valence-corrected chi connectivity index (χ1v) is 6.43. The van der Waals surface area contributed by atoms with Crippen LogP contribution < -0.4 is 10.6 Å². The van der Waals surface area contributed by atoms with E-state index in [1.54, 1.807) is 0 Å². The van der Waals surface area contributed by atoms with Crippen molar-refractivity contribution >= 4 is 34.8 Å². The van der Waals surface area contributed by atoms with Crippen LogP contribution in [0.2, 0.25) is 10.0 Å². The minimum atomic E-state index is -0.532. The molecule has 0 aromatic heterocycles. The van der Waals surface area contributed by atoms with E-state index in [0.717, 1.165) is 25.1 Å². The minimum absolute atomic E-state index is 0.0963. The third-order valence-electron chi connectivity index (χ3n) is 3.07. The smallest absolute Gasteiger partial charge is 0.241 e. The van der Waals surface area contributed by atoms with Crippen molar-refractivity contribution in [2.75, 3.05) is 11.9 Å². The molecule has 1 fully saturated rings. The van der Waals surface area contributed by atoms with Gasteiger partial charge in [-0.2, -0.15) is 0 Å². The molecule has 2 atom stereocenters. The van der Waals surface area contributed by atoms with E-state index >= 15 is 0 Å². The second-order valence-electron chi connectivity index (χ2n) is 4.43. The van der Waals surface area contributed by atoms with E-state index in [1.165, 1.54) is 0 Å². The van der Waals surface area contributed by atoms with E-state index < -0.39 is 5.82 Å². The van der Waals surface area contributed by atoms with Crippen LogP contribution in [0.1, 0.15) is 13.3 Å². The van der Waals surface area contributed by atoms with E-state index in [0.29, 0.717) is 0 Å². The molecule has 18 heavy (non-hydrogen) atoms. The Bertz CT molecular complexity index is 458. The number of hydrogen-bond acceptors (Lipinski definition) is 2. The van der Waals surface area contributed by atoms with Crippen molar-refractivity contribution in [1.82, 2.24) is 5.32 Å². The van der Waals surface area contributed by atoms with Crippen molar-refractivity contribution in [3.63, 3.8) is 0 Å². The molecule has 1 saturated heterocycles. The molecule has 6 heteroatoms. The molecule has 1 amide bonds. The van der Waals surface area contributed by atoms with Gasteiger partial charge >= 0.3 is 0 Å². The zero-order valence-electron chi connectivity index (χ0n) is 9.77. The van der Waals surface area contributed by atoms with Gasteiger partial charge in [0.15, 0.2) is 0 Å². The first kappa shape index (κ1) is 13.6. The summed E-state index contributed by atoms with van der Waals surface area (Å²) in [6.07, 6.45) is 0.947. The fourth-order valence-corrected chi connectivity index (χ4v) is 2.60. The first-order chi connectivity index (χ1) is 8.49. The zero-order valence-corrected chi connectivity index (χ0v) is 11.3. The van der Waals surface area contributed by atoms with Gasteiger partial charge in [-0.1, -0.05) is 30.1 Å². The predicted molar refractivity (Wildman–Crippen MR) is 70.6 cm³/mol. The second kappa shape index (κ2) is 5.43. The molecule has 3 nitrogen and oxygen atoms in total. The van der Waals surface area contributed by atoms with E-state index in [2.05, 4.69) is 10.6 Å².